The van der Waals surface area contributed by atoms with E-state index >= 15 is 0 Å². The molecule has 27 heavy (non-hydrogen) atoms. The molecule has 5 nitrogen and oxygen atoms in total. The van der Waals surface area contributed by atoms with E-state index in [1.807, 2.05) is 24.4 Å². The molecule has 2 N–H and O–H groups in total. The third-order valence-corrected chi connectivity index (χ3v) is 4.80. The van der Waals surface area contributed by atoms with Crippen LogP contribution in [0, 0.1) is 0 Å². The molecule has 6 heteroatoms. The number of likely N-dealkylation sites (N-methyl/N-ethyl adjacent to an activating group) is 1. The second kappa shape index (κ2) is 8.73. The summed E-state index contributed by atoms with van der Waals surface area (Å²) in [7, 11) is 1.64. The number of hydrogen-bond acceptors (Lipinski definition) is 2. The highest BCUT2D eigenvalue weighted by atomic mass is 35.5. The van der Waals surface area contributed by atoms with E-state index in [0.717, 1.165) is 18.4 Å². The number of fused-ring (bicyclic) bond motifs is 1. The minimum atomic E-state index is -0.268. The minimum absolute atomic E-state index is 0.00284. The molecule has 3 rings (SSSR count). The van der Waals surface area contributed by atoms with Gasteiger partial charge >= 0.3 is 0 Å². The summed E-state index contributed by atoms with van der Waals surface area (Å²) in [5.74, 6) is -0.320. The lowest BCUT2D eigenvalue weighted by atomic mass is 10.1. The predicted octanol–water partition coefficient (Wildman–Crippen LogP) is 4.24. The summed E-state index contributed by atoms with van der Waals surface area (Å²) < 4.78 is 0. The van der Waals surface area contributed by atoms with Gasteiger partial charge < -0.3 is 15.2 Å². The minimum Gasteiger partial charge on any atom is -0.361 e. The van der Waals surface area contributed by atoms with Crippen molar-refractivity contribution < 1.29 is 9.59 Å². The molecule has 1 aromatic heterocycles. The van der Waals surface area contributed by atoms with Crippen molar-refractivity contribution in [2.45, 2.75) is 19.3 Å². The highest BCUT2D eigenvalue weighted by Crippen LogP contribution is 2.21. The van der Waals surface area contributed by atoms with E-state index in [2.05, 4.69) is 16.4 Å². The lowest BCUT2D eigenvalue weighted by Gasteiger charge is -2.17. The Morgan fingerprint density at radius 2 is 1.85 bits per heavy atom. The molecule has 2 amide bonds. The van der Waals surface area contributed by atoms with Crippen molar-refractivity contribution in [2.24, 2.45) is 0 Å². The van der Waals surface area contributed by atoms with E-state index in [0.29, 0.717) is 17.1 Å². The standard InChI is InChI=1S/C21H22ClN3O2/c1-25(14-20(26)24-19-11-5-3-9-17(19)22)21(27)12-6-7-15-13-23-18-10-4-2-8-16(15)18/h2-5,8-11,13,23H,6-7,12,14H2,1H3,(H,24,26). The van der Waals surface area contributed by atoms with Crippen LogP contribution in [-0.4, -0.2) is 35.3 Å². The first-order valence-corrected chi connectivity index (χ1v) is 9.25. The lowest BCUT2D eigenvalue weighted by molar-refractivity contribution is -0.133. The van der Waals surface area contributed by atoms with Crippen LogP contribution >= 0.6 is 11.6 Å². The van der Waals surface area contributed by atoms with Crippen molar-refractivity contribution in [3.8, 4) is 0 Å². The van der Waals surface area contributed by atoms with Crippen LogP contribution in [0.2, 0.25) is 5.02 Å². The molecule has 2 aromatic carbocycles. The van der Waals surface area contributed by atoms with E-state index in [4.69, 9.17) is 11.6 Å². The summed E-state index contributed by atoms with van der Waals surface area (Å²) in [6.07, 6.45) is 3.94. The van der Waals surface area contributed by atoms with Crippen LogP contribution in [0.1, 0.15) is 18.4 Å². The first kappa shape index (κ1) is 19.0. The number of aromatic nitrogens is 1. The normalized spacial score (nSPS) is 10.7. The Morgan fingerprint density at radius 1 is 1.11 bits per heavy atom. The van der Waals surface area contributed by atoms with Crippen molar-refractivity contribution in [1.29, 1.82) is 0 Å². The van der Waals surface area contributed by atoms with Gasteiger partial charge in [-0.25, -0.2) is 0 Å². The van der Waals surface area contributed by atoms with Crippen LogP contribution in [-0.2, 0) is 16.0 Å². The maximum absolute atomic E-state index is 12.3. The number of carbonyl (C=O) groups is 2. The predicted molar refractivity (Wildman–Crippen MR) is 109 cm³/mol. The Morgan fingerprint density at radius 3 is 2.67 bits per heavy atom. The Bertz CT molecular complexity index is 951. The van der Waals surface area contributed by atoms with E-state index in [1.165, 1.54) is 15.8 Å². The van der Waals surface area contributed by atoms with Gasteiger partial charge in [-0.3, -0.25) is 9.59 Å². The third kappa shape index (κ3) is 4.89. The topological polar surface area (TPSA) is 65.2 Å². The van der Waals surface area contributed by atoms with Crippen molar-refractivity contribution in [3.63, 3.8) is 0 Å². The SMILES string of the molecule is CN(CC(=O)Nc1ccccc1Cl)C(=O)CCCc1c[nH]c2ccccc12. The number of nitrogens with zero attached hydrogens (tertiary/aromatic N) is 1. The Balaban J connectivity index is 1.46. The summed E-state index contributed by atoms with van der Waals surface area (Å²) in [4.78, 5) is 29.1. The molecular formula is C21H22ClN3O2. The Labute approximate surface area is 163 Å². The largest absolute Gasteiger partial charge is 0.361 e. The van der Waals surface area contributed by atoms with Gasteiger partial charge in [0.15, 0.2) is 0 Å². The fourth-order valence-electron chi connectivity index (χ4n) is 3.02. The van der Waals surface area contributed by atoms with Crippen molar-refractivity contribution in [1.82, 2.24) is 9.88 Å². The zero-order valence-electron chi connectivity index (χ0n) is 15.2. The van der Waals surface area contributed by atoms with Gasteiger partial charge in [0, 0.05) is 30.6 Å². The van der Waals surface area contributed by atoms with Gasteiger partial charge in [0.25, 0.3) is 0 Å². The van der Waals surface area contributed by atoms with Crippen molar-refractivity contribution in [2.75, 3.05) is 18.9 Å². The first-order valence-electron chi connectivity index (χ1n) is 8.88. The quantitative estimate of drug-likeness (QED) is 0.640. The van der Waals surface area contributed by atoms with Gasteiger partial charge in [-0.05, 0) is 36.6 Å². The van der Waals surface area contributed by atoms with Gasteiger partial charge in [0.1, 0.15) is 0 Å². The molecular weight excluding hydrogens is 362 g/mol. The van der Waals surface area contributed by atoms with E-state index in [-0.39, 0.29) is 18.4 Å². The summed E-state index contributed by atoms with van der Waals surface area (Å²) in [5.41, 5.74) is 2.86. The number of amides is 2. The molecule has 0 bridgehead atoms. The maximum atomic E-state index is 12.3. The molecule has 0 atom stereocenters. The van der Waals surface area contributed by atoms with Gasteiger partial charge in [-0.2, -0.15) is 0 Å². The highest BCUT2D eigenvalue weighted by molar-refractivity contribution is 6.33. The summed E-state index contributed by atoms with van der Waals surface area (Å²) in [6, 6.07) is 15.1. The molecule has 0 fully saturated rings. The first-order chi connectivity index (χ1) is 13.0. The molecule has 0 aliphatic rings. The van der Waals surface area contributed by atoms with Crippen molar-refractivity contribution >= 4 is 40.0 Å². The van der Waals surface area contributed by atoms with E-state index in [9.17, 15) is 9.59 Å². The lowest BCUT2D eigenvalue weighted by Crippen LogP contribution is -2.34. The number of anilines is 1. The molecule has 0 radical (unpaired) electrons. The van der Waals surface area contributed by atoms with Crippen LogP contribution in [0.15, 0.2) is 54.7 Å². The molecule has 0 spiro atoms. The average Bonchev–Trinajstić information content (AvgIpc) is 3.07. The monoisotopic (exact) mass is 383 g/mol. The molecule has 0 saturated heterocycles. The fraction of sp³-hybridized carbons (Fsp3) is 0.238. The zero-order valence-corrected chi connectivity index (χ0v) is 15.9. The molecule has 0 unspecified atom stereocenters. The molecule has 3 aromatic rings. The highest BCUT2D eigenvalue weighted by Gasteiger charge is 2.14. The Kier molecular flexibility index (Phi) is 6.14. The van der Waals surface area contributed by atoms with E-state index in [1.54, 1.807) is 31.3 Å². The van der Waals surface area contributed by atoms with Crippen LogP contribution in [0.3, 0.4) is 0 Å². The van der Waals surface area contributed by atoms with Gasteiger partial charge in [-0.15, -0.1) is 0 Å². The second-order valence-electron chi connectivity index (χ2n) is 6.49. The number of para-hydroxylation sites is 2. The molecule has 140 valence electrons. The summed E-state index contributed by atoms with van der Waals surface area (Å²) in [5, 5.41) is 4.39. The molecule has 1 heterocycles. The van der Waals surface area contributed by atoms with Crippen LogP contribution in [0.25, 0.3) is 10.9 Å². The number of hydrogen-bond donors (Lipinski definition) is 2. The number of carbonyl (C=O) groups excluding carboxylic acids is 2. The van der Waals surface area contributed by atoms with Gasteiger partial charge in [0.05, 0.1) is 17.3 Å². The second-order valence-corrected chi connectivity index (χ2v) is 6.90. The maximum Gasteiger partial charge on any atom is 0.244 e. The molecule has 0 aliphatic heterocycles. The number of halogens is 1. The molecule has 0 aliphatic carbocycles. The van der Waals surface area contributed by atoms with Crippen LogP contribution < -0.4 is 5.32 Å². The fourth-order valence-corrected chi connectivity index (χ4v) is 3.20. The number of aromatic amines is 1. The number of rotatable bonds is 7. The number of H-pyrrole nitrogens is 1. The molecule has 0 saturated carbocycles. The van der Waals surface area contributed by atoms with Gasteiger partial charge in [0.2, 0.25) is 11.8 Å². The average molecular weight is 384 g/mol. The number of aryl methyl sites for hydroxylation is 1. The number of nitrogens with one attached hydrogen (secondary N) is 2. The van der Waals surface area contributed by atoms with E-state index < -0.39 is 0 Å². The Hall–Kier alpha value is -2.79. The van der Waals surface area contributed by atoms with Crippen LogP contribution in [0.4, 0.5) is 5.69 Å². The third-order valence-electron chi connectivity index (χ3n) is 4.47. The summed E-state index contributed by atoms with van der Waals surface area (Å²) >= 11 is 6.03. The zero-order chi connectivity index (χ0) is 19.2. The van der Waals surface area contributed by atoms with Crippen LogP contribution in [0.5, 0.6) is 0 Å². The van der Waals surface area contributed by atoms with Gasteiger partial charge in [-0.1, -0.05) is 41.9 Å². The number of benzene rings is 2. The van der Waals surface area contributed by atoms with Crippen molar-refractivity contribution in [3.05, 3.63) is 65.3 Å². The smallest absolute Gasteiger partial charge is 0.244 e. The summed E-state index contributed by atoms with van der Waals surface area (Å²) in [6.45, 7) is -0.00284.